The largest absolute Gasteiger partial charge is 0.396 e. The Morgan fingerprint density at radius 2 is 1.63 bits per heavy atom. The third-order valence-electron chi connectivity index (χ3n) is 5.49. The van der Waals surface area contributed by atoms with Gasteiger partial charge in [-0.15, -0.1) is 0 Å². The second kappa shape index (κ2) is 4.05. The fraction of sp³-hybridized carbons (Fsp3) is 0.625. The monoisotopic (exact) mass is 276 g/mol. The van der Waals surface area contributed by atoms with E-state index in [0.29, 0.717) is 16.2 Å². The molecule has 0 heterocycles. The van der Waals surface area contributed by atoms with Crippen molar-refractivity contribution in [2.75, 3.05) is 11.1 Å². The van der Waals surface area contributed by atoms with Crippen LogP contribution >= 0.6 is 11.6 Å². The van der Waals surface area contributed by atoms with E-state index in [9.17, 15) is 0 Å². The van der Waals surface area contributed by atoms with Gasteiger partial charge in [0.1, 0.15) is 0 Å². The molecule has 3 heteroatoms. The Bertz CT molecular complexity index is 476. The van der Waals surface area contributed by atoms with Gasteiger partial charge in [0.05, 0.1) is 16.4 Å². The molecule has 2 nitrogen and oxygen atoms in total. The van der Waals surface area contributed by atoms with E-state index in [1.165, 1.54) is 38.5 Å². The summed E-state index contributed by atoms with van der Waals surface area (Å²) >= 11 is 6.14. The van der Waals surface area contributed by atoms with Crippen LogP contribution in [-0.2, 0) is 0 Å². The number of rotatable bonds is 2. The molecule has 0 amide bonds. The van der Waals surface area contributed by atoms with Gasteiger partial charge in [-0.25, -0.2) is 0 Å². The van der Waals surface area contributed by atoms with Crippen molar-refractivity contribution >= 4 is 23.0 Å². The molecule has 19 heavy (non-hydrogen) atoms. The number of halogens is 1. The number of hydrogen-bond acceptors (Lipinski definition) is 2. The van der Waals surface area contributed by atoms with Gasteiger partial charge in [0.15, 0.2) is 0 Å². The first-order chi connectivity index (χ1) is 9.13. The van der Waals surface area contributed by atoms with Gasteiger partial charge in [-0.1, -0.05) is 17.7 Å². The van der Waals surface area contributed by atoms with E-state index in [4.69, 9.17) is 17.3 Å². The van der Waals surface area contributed by atoms with E-state index in [1.54, 1.807) is 0 Å². The zero-order valence-corrected chi connectivity index (χ0v) is 11.9. The van der Waals surface area contributed by atoms with Crippen LogP contribution in [0.25, 0.3) is 0 Å². The first-order valence-electron chi connectivity index (χ1n) is 7.46. The van der Waals surface area contributed by atoms with Crippen molar-refractivity contribution in [3.63, 3.8) is 0 Å². The molecular formula is C16H21ClN2. The highest BCUT2D eigenvalue weighted by Crippen LogP contribution is 2.56. The van der Waals surface area contributed by atoms with Crippen molar-refractivity contribution in [3.05, 3.63) is 23.2 Å². The fourth-order valence-corrected chi connectivity index (χ4v) is 5.37. The molecule has 4 aliphatic rings. The summed E-state index contributed by atoms with van der Waals surface area (Å²) in [4.78, 5) is 0. The maximum Gasteiger partial charge on any atom is 0.0739 e. The molecule has 4 aliphatic carbocycles. The molecule has 0 spiro atoms. The van der Waals surface area contributed by atoms with Crippen LogP contribution in [0.1, 0.15) is 38.5 Å². The van der Waals surface area contributed by atoms with Gasteiger partial charge >= 0.3 is 0 Å². The van der Waals surface area contributed by atoms with Crippen molar-refractivity contribution in [2.45, 2.75) is 44.1 Å². The molecule has 0 radical (unpaired) electrons. The fourth-order valence-electron chi connectivity index (χ4n) is 5.20. The Hall–Kier alpha value is -0.890. The summed E-state index contributed by atoms with van der Waals surface area (Å²) in [5, 5.41) is 4.45. The minimum Gasteiger partial charge on any atom is -0.396 e. The SMILES string of the molecule is Nc1c(Cl)cccc1NC12CC3CC(CC(C3)C1)C2. The van der Waals surface area contributed by atoms with E-state index in [-0.39, 0.29) is 0 Å². The number of hydrogen-bond donors (Lipinski definition) is 2. The average molecular weight is 277 g/mol. The van der Waals surface area contributed by atoms with Gasteiger partial charge in [-0.3, -0.25) is 0 Å². The Labute approximate surface area is 119 Å². The lowest BCUT2D eigenvalue weighted by Gasteiger charge is -2.57. The summed E-state index contributed by atoms with van der Waals surface area (Å²) in [6.07, 6.45) is 8.37. The van der Waals surface area contributed by atoms with Crippen LogP contribution in [0.4, 0.5) is 11.4 Å². The molecular weight excluding hydrogens is 256 g/mol. The second-order valence-electron chi connectivity index (χ2n) is 7.02. The van der Waals surface area contributed by atoms with Crippen molar-refractivity contribution < 1.29 is 0 Å². The number of anilines is 2. The smallest absolute Gasteiger partial charge is 0.0739 e. The first kappa shape index (κ1) is 11.9. The van der Waals surface area contributed by atoms with Gasteiger partial charge in [-0.05, 0) is 68.4 Å². The average Bonchev–Trinajstić information content (AvgIpc) is 2.33. The van der Waals surface area contributed by atoms with Crippen LogP contribution in [0.5, 0.6) is 0 Å². The third-order valence-corrected chi connectivity index (χ3v) is 5.82. The van der Waals surface area contributed by atoms with Gasteiger partial charge < -0.3 is 11.1 Å². The van der Waals surface area contributed by atoms with Crippen LogP contribution in [0.15, 0.2) is 18.2 Å². The highest BCUT2D eigenvalue weighted by atomic mass is 35.5. The highest BCUT2D eigenvalue weighted by molar-refractivity contribution is 6.33. The lowest BCUT2D eigenvalue weighted by atomic mass is 9.53. The van der Waals surface area contributed by atoms with Crippen molar-refractivity contribution in [3.8, 4) is 0 Å². The zero-order chi connectivity index (χ0) is 13.0. The molecule has 1 aromatic rings. The summed E-state index contributed by atoms with van der Waals surface area (Å²) < 4.78 is 0. The number of nitrogen functional groups attached to an aromatic ring is 1. The Morgan fingerprint density at radius 3 is 2.21 bits per heavy atom. The van der Waals surface area contributed by atoms with E-state index >= 15 is 0 Å². The molecule has 3 N–H and O–H groups in total. The highest BCUT2D eigenvalue weighted by Gasteiger charge is 2.50. The number of nitrogens with two attached hydrogens (primary N) is 1. The second-order valence-corrected chi connectivity index (χ2v) is 7.43. The van der Waals surface area contributed by atoms with E-state index in [0.717, 1.165) is 23.4 Å². The number of benzene rings is 1. The molecule has 0 aliphatic heterocycles. The Morgan fingerprint density at radius 1 is 1.05 bits per heavy atom. The number of para-hydroxylation sites is 1. The van der Waals surface area contributed by atoms with Gasteiger partial charge in [0, 0.05) is 5.54 Å². The molecule has 4 saturated carbocycles. The minimum absolute atomic E-state index is 0.299. The van der Waals surface area contributed by atoms with Crippen molar-refractivity contribution in [2.24, 2.45) is 17.8 Å². The third kappa shape index (κ3) is 1.92. The maximum absolute atomic E-state index is 6.14. The van der Waals surface area contributed by atoms with Crippen molar-refractivity contribution in [1.29, 1.82) is 0 Å². The van der Waals surface area contributed by atoms with Gasteiger partial charge in [0.2, 0.25) is 0 Å². The summed E-state index contributed by atoms with van der Waals surface area (Å²) in [5.41, 5.74) is 8.16. The summed E-state index contributed by atoms with van der Waals surface area (Å²) in [6.45, 7) is 0. The van der Waals surface area contributed by atoms with E-state index < -0.39 is 0 Å². The molecule has 0 atom stereocenters. The summed E-state index contributed by atoms with van der Waals surface area (Å²) in [7, 11) is 0. The maximum atomic E-state index is 6.14. The molecule has 0 saturated heterocycles. The van der Waals surface area contributed by atoms with Crippen LogP contribution in [0, 0.1) is 17.8 Å². The summed E-state index contributed by atoms with van der Waals surface area (Å²) in [6, 6.07) is 5.92. The number of nitrogens with one attached hydrogen (secondary N) is 1. The quantitative estimate of drug-likeness (QED) is 0.790. The lowest BCUT2D eigenvalue weighted by molar-refractivity contribution is 0.0107. The predicted octanol–water partition coefficient (Wildman–Crippen LogP) is 4.30. The molecule has 0 aromatic heterocycles. The molecule has 0 unspecified atom stereocenters. The lowest BCUT2D eigenvalue weighted by Crippen LogP contribution is -2.54. The predicted molar refractivity (Wildman–Crippen MR) is 80.4 cm³/mol. The van der Waals surface area contributed by atoms with E-state index in [2.05, 4.69) is 11.4 Å². The minimum atomic E-state index is 0.299. The zero-order valence-electron chi connectivity index (χ0n) is 11.2. The molecule has 4 bridgehead atoms. The molecule has 102 valence electrons. The van der Waals surface area contributed by atoms with Crippen LogP contribution in [0.2, 0.25) is 5.02 Å². The van der Waals surface area contributed by atoms with Gasteiger partial charge in [0.25, 0.3) is 0 Å². The normalized spacial score (nSPS) is 39.5. The van der Waals surface area contributed by atoms with Crippen LogP contribution in [-0.4, -0.2) is 5.54 Å². The van der Waals surface area contributed by atoms with Crippen molar-refractivity contribution in [1.82, 2.24) is 0 Å². The Kier molecular flexibility index (Phi) is 2.54. The first-order valence-corrected chi connectivity index (χ1v) is 7.83. The van der Waals surface area contributed by atoms with E-state index in [1.807, 2.05) is 12.1 Å². The molecule has 5 rings (SSSR count). The topological polar surface area (TPSA) is 38.0 Å². The molecule has 1 aromatic carbocycles. The van der Waals surface area contributed by atoms with Crippen LogP contribution < -0.4 is 11.1 Å². The molecule has 4 fully saturated rings. The summed E-state index contributed by atoms with van der Waals surface area (Å²) in [5.74, 6) is 2.83. The van der Waals surface area contributed by atoms with Gasteiger partial charge in [-0.2, -0.15) is 0 Å². The standard InChI is InChI=1S/C16H21ClN2/c17-13-2-1-3-14(15(13)18)19-16-7-10-4-11(8-16)6-12(5-10)9-16/h1-3,10-12,19H,4-9,18H2. The van der Waals surface area contributed by atoms with Crippen LogP contribution in [0.3, 0.4) is 0 Å². The Balaban J connectivity index is 1.64.